The fourth-order valence-electron chi connectivity index (χ4n) is 4.76. The maximum Gasteiger partial charge on any atom is 0.176 e. The Labute approximate surface area is 190 Å². The van der Waals surface area contributed by atoms with Gasteiger partial charge in [-0.15, -0.1) is 11.3 Å². The summed E-state index contributed by atoms with van der Waals surface area (Å²) in [4.78, 5) is 12.3. The van der Waals surface area contributed by atoms with E-state index >= 15 is 0 Å². The van der Waals surface area contributed by atoms with Crippen LogP contribution in [0.4, 0.5) is 0 Å². The molecule has 0 bridgehead atoms. The first-order valence-electron chi connectivity index (χ1n) is 10.4. The van der Waals surface area contributed by atoms with Crippen LogP contribution in [0.15, 0.2) is 12.1 Å². The van der Waals surface area contributed by atoms with Crippen molar-refractivity contribution >= 4 is 94.0 Å². The van der Waals surface area contributed by atoms with Gasteiger partial charge in [-0.2, -0.15) is 8.75 Å². The third kappa shape index (κ3) is 2.45. The van der Waals surface area contributed by atoms with Crippen molar-refractivity contribution in [1.82, 2.24) is 17.9 Å². The summed E-state index contributed by atoms with van der Waals surface area (Å²) in [7, 11) is 1.72. The van der Waals surface area contributed by atoms with E-state index in [4.69, 9.17) is 13.5 Å². The molecule has 0 saturated heterocycles. The Morgan fingerprint density at radius 3 is 2.06 bits per heavy atom. The van der Waals surface area contributed by atoms with Crippen molar-refractivity contribution in [3.05, 3.63) is 17.0 Å². The van der Waals surface area contributed by atoms with Crippen LogP contribution in [0, 0.1) is 0 Å². The van der Waals surface area contributed by atoms with E-state index in [1.807, 2.05) is 6.07 Å². The molecule has 0 N–H and O–H groups in total. The van der Waals surface area contributed by atoms with Crippen molar-refractivity contribution in [2.75, 3.05) is 7.11 Å². The highest BCUT2D eigenvalue weighted by molar-refractivity contribution is 7.22. The van der Waals surface area contributed by atoms with Gasteiger partial charge in [0.25, 0.3) is 0 Å². The standard InChI is InChI=1S/C22H20N4O2S3/c1-4-6-25-12-8-11(10-27)29-21(12)15-17-18(24-31-23-17)16-20(19(15)25)26(7-5-2)13-9-14(28-3)30-22(13)16/h8-10H,4-7H2,1-3H3. The number of nitrogens with zero attached hydrogens (tertiary/aromatic N) is 4. The number of benzene rings is 1. The quantitative estimate of drug-likeness (QED) is 0.256. The zero-order valence-corrected chi connectivity index (χ0v) is 19.8. The van der Waals surface area contributed by atoms with Crippen LogP contribution in [-0.4, -0.2) is 31.3 Å². The number of rotatable bonds is 6. The molecule has 1 aromatic carbocycles. The lowest BCUT2D eigenvalue weighted by Crippen LogP contribution is -2.01. The third-order valence-electron chi connectivity index (χ3n) is 5.87. The molecule has 9 heteroatoms. The Kier molecular flexibility index (Phi) is 4.35. The summed E-state index contributed by atoms with van der Waals surface area (Å²) in [6, 6.07) is 4.17. The molecule has 0 aliphatic rings. The van der Waals surface area contributed by atoms with Gasteiger partial charge >= 0.3 is 0 Å². The van der Waals surface area contributed by atoms with Crippen LogP contribution in [0.25, 0.3) is 53.3 Å². The van der Waals surface area contributed by atoms with Crippen LogP contribution in [-0.2, 0) is 13.1 Å². The zero-order valence-electron chi connectivity index (χ0n) is 17.4. The number of hydrogen-bond donors (Lipinski definition) is 0. The van der Waals surface area contributed by atoms with E-state index in [9.17, 15) is 4.79 Å². The molecule has 0 aliphatic heterocycles. The van der Waals surface area contributed by atoms with Crippen LogP contribution >= 0.6 is 34.4 Å². The largest absolute Gasteiger partial charge is 0.487 e. The van der Waals surface area contributed by atoms with Crippen LogP contribution in [0.3, 0.4) is 0 Å². The maximum absolute atomic E-state index is 11.5. The van der Waals surface area contributed by atoms with Crippen molar-refractivity contribution in [3.63, 3.8) is 0 Å². The highest BCUT2D eigenvalue weighted by atomic mass is 32.1. The van der Waals surface area contributed by atoms with Gasteiger partial charge < -0.3 is 13.9 Å². The highest BCUT2D eigenvalue weighted by Crippen LogP contribution is 2.48. The maximum atomic E-state index is 11.5. The molecule has 0 amide bonds. The van der Waals surface area contributed by atoms with E-state index in [0.717, 1.165) is 68.8 Å². The Balaban J connectivity index is 1.95. The van der Waals surface area contributed by atoms with E-state index in [2.05, 4.69) is 29.0 Å². The number of methoxy groups -OCH3 is 1. The van der Waals surface area contributed by atoms with Crippen molar-refractivity contribution in [1.29, 1.82) is 0 Å². The van der Waals surface area contributed by atoms with Crippen LogP contribution < -0.4 is 4.74 Å². The number of hydrogen-bond acceptors (Lipinski definition) is 7. The second-order valence-electron chi connectivity index (χ2n) is 7.68. The van der Waals surface area contributed by atoms with Gasteiger partial charge in [-0.05, 0) is 18.9 Å². The summed E-state index contributed by atoms with van der Waals surface area (Å²) in [5.41, 5.74) is 6.65. The van der Waals surface area contributed by atoms with E-state index < -0.39 is 0 Å². The minimum absolute atomic E-state index is 0.753. The minimum Gasteiger partial charge on any atom is -0.487 e. The fraction of sp³-hybridized carbons (Fsp3) is 0.318. The molecule has 0 saturated carbocycles. The van der Waals surface area contributed by atoms with Crippen molar-refractivity contribution in [2.45, 2.75) is 39.8 Å². The lowest BCUT2D eigenvalue weighted by molar-refractivity contribution is 0.112. The van der Waals surface area contributed by atoms with Gasteiger partial charge in [-0.1, -0.05) is 25.2 Å². The average molecular weight is 469 g/mol. The molecule has 5 aromatic heterocycles. The third-order valence-corrected chi connectivity index (χ3v) is 8.57. The number of thiophene rings is 2. The fourth-order valence-corrected chi connectivity index (χ4v) is 7.37. The van der Waals surface area contributed by atoms with Gasteiger partial charge in [-0.3, -0.25) is 4.79 Å². The van der Waals surface area contributed by atoms with Crippen LogP contribution in [0.2, 0.25) is 0 Å². The summed E-state index contributed by atoms with van der Waals surface area (Å²) in [6.45, 7) is 6.21. The number of aldehydes is 1. The number of carbonyl (C=O) groups is 1. The van der Waals surface area contributed by atoms with Crippen molar-refractivity contribution in [3.8, 4) is 5.06 Å². The average Bonchev–Trinajstić information content (AvgIpc) is 3.55. The normalized spacial score (nSPS) is 12.4. The minimum atomic E-state index is 0.753. The monoisotopic (exact) mass is 468 g/mol. The summed E-state index contributed by atoms with van der Waals surface area (Å²) >= 11 is 4.49. The van der Waals surface area contributed by atoms with E-state index in [1.165, 1.54) is 38.4 Å². The van der Waals surface area contributed by atoms with Gasteiger partial charge in [0.2, 0.25) is 0 Å². The van der Waals surface area contributed by atoms with Crippen LogP contribution in [0.5, 0.6) is 5.06 Å². The van der Waals surface area contributed by atoms with Gasteiger partial charge in [0.1, 0.15) is 11.0 Å². The molecule has 31 heavy (non-hydrogen) atoms. The van der Waals surface area contributed by atoms with E-state index in [1.54, 1.807) is 29.8 Å². The second kappa shape index (κ2) is 7.01. The topological polar surface area (TPSA) is 61.9 Å². The lowest BCUT2D eigenvalue weighted by Gasteiger charge is -2.11. The molecule has 6 aromatic rings. The molecule has 0 spiro atoms. The molecule has 6 nitrogen and oxygen atoms in total. The molecule has 5 heterocycles. The van der Waals surface area contributed by atoms with E-state index in [-0.39, 0.29) is 0 Å². The molecule has 0 unspecified atom stereocenters. The summed E-state index contributed by atoms with van der Waals surface area (Å²) in [5, 5.41) is 3.21. The van der Waals surface area contributed by atoms with Crippen LogP contribution in [0.1, 0.15) is 36.4 Å². The molecule has 0 radical (unpaired) electrons. The SMILES string of the molecule is CCCn1c2cc(C=O)sc2c2c3nsnc3c3c4sc(OC)cc4n(CCC)c3c21. The Hall–Kier alpha value is -2.49. The van der Waals surface area contributed by atoms with Crippen molar-refractivity contribution in [2.24, 2.45) is 0 Å². The summed E-state index contributed by atoms with van der Waals surface area (Å²) in [5.74, 6) is 0. The molecular weight excluding hydrogens is 448 g/mol. The van der Waals surface area contributed by atoms with Gasteiger partial charge in [0, 0.05) is 29.9 Å². The van der Waals surface area contributed by atoms with Gasteiger partial charge in [-0.25, -0.2) is 0 Å². The number of aromatic nitrogens is 4. The molecular formula is C22H20N4O2S3. The molecule has 0 aliphatic carbocycles. The highest BCUT2D eigenvalue weighted by Gasteiger charge is 2.27. The van der Waals surface area contributed by atoms with E-state index in [0.29, 0.717) is 0 Å². The second-order valence-corrected chi connectivity index (χ2v) is 10.3. The Bertz CT molecular complexity index is 1630. The number of carbonyl (C=O) groups excluding carboxylic acids is 1. The van der Waals surface area contributed by atoms with Gasteiger partial charge in [0.15, 0.2) is 11.3 Å². The molecule has 0 fully saturated rings. The predicted molar refractivity (Wildman–Crippen MR) is 132 cm³/mol. The summed E-state index contributed by atoms with van der Waals surface area (Å²) in [6.07, 6.45) is 2.99. The smallest absolute Gasteiger partial charge is 0.176 e. The zero-order chi connectivity index (χ0) is 21.3. The first kappa shape index (κ1) is 19.2. The van der Waals surface area contributed by atoms with Crippen molar-refractivity contribution < 1.29 is 9.53 Å². The first-order valence-corrected chi connectivity index (χ1v) is 12.7. The Morgan fingerprint density at radius 2 is 1.52 bits per heavy atom. The van der Waals surface area contributed by atoms with Gasteiger partial charge in [0.05, 0.1) is 55.2 Å². The molecule has 0 atom stereocenters. The lowest BCUT2D eigenvalue weighted by atomic mass is 10.1. The number of ether oxygens (including phenoxy) is 1. The molecule has 158 valence electrons. The number of fused-ring (bicyclic) bond motifs is 10. The number of aryl methyl sites for hydroxylation is 2. The Morgan fingerprint density at radius 1 is 0.935 bits per heavy atom. The summed E-state index contributed by atoms with van der Waals surface area (Å²) < 4.78 is 22.2. The molecule has 6 rings (SSSR count). The predicted octanol–water partition coefficient (Wildman–Crippen LogP) is 6.67. The first-order chi connectivity index (χ1) is 15.2.